The van der Waals surface area contributed by atoms with E-state index in [0.29, 0.717) is 16.5 Å². The number of pyridine rings is 2. The predicted molar refractivity (Wildman–Crippen MR) is 77.4 cm³/mol. The fourth-order valence-corrected chi connectivity index (χ4v) is 2.25. The quantitative estimate of drug-likeness (QED) is 0.780. The van der Waals surface area contributed by atoms with Gasteiger partial charge in [0.1, 0.15) is 0 Å². The number of aromatic amines is 1. The van der Waals surface area contributed by atoms with Crippen molar-refractivity contribution < 1.29 is 8.78 Å². The molecule has 2 heterocycles. The van der Waals surface area contributed by atoms with Gasteiger partial charge in [-0.3, -0.25) is 9.78 Å². The highest BCUT2D eigenvalue weighted by Crippen LogP contribution is 2.30. The van der Waals surface area contributed by atoms with Crippen molar-refractivity contribution >= 4 is 10.9 Å². The van der Waals surface area contributed by atoms with Gasteiger partial charge >= 0.3 is 0 Å². The Morgan fingerprint density at radius 1 is 1.14 bits per heavy atom. The van der Waals surface area contributed by atoms with Crippen LogP contribution < -0.4 is 5.56 Å². The lowest BCUT2D eigenvalue weighted by Crippen LogP contribution is -2.07. The van der Waals surface area contributed by atoms with Crippen LogP contribution >= 0.6 is 0 Å². The number of rotatable bonds is 2. The summed E-state index contributed by atoms with van der Waals surface area (Å²) in [4.78, 5) is 18.6. The van der Waals surface area contributed by atoms with E-state index in [4.69, 9.17) is 0 Å². The molecule has 0 saturated heterocycles. The monoisotopic (exact) mass is 286 g/mol. The summed E-state index contributed by atoms with van der Waals surface area (Å²) in [6.45, 7) is 0.860. The summed E-state index contributed by atoms with van der Waals surface area (Å²) in [5.41, 5.74) is 1.71. The van der Waals surface area contributed by atoms with Crippen molar-refractivity contribution in [2.75, 3.05) is 0 Å². The normalized spacial score (nSPS) is 11.8. The molecule has 1 N–H and O–H groups in total. The third kappa shape index (κ3) is 2.42. The highest BCUT2D eigenvalue weighted by molar-refractivity contribution is 5.92. The number of nitrogens with zero attached hydrogens (tertiary/aromatic N) is 1. The van der Waals surface area contributed by atoms with Gasteiger partial charge in [-0.05, 0) is 17.7 Å². The van der Waals surface area contributed by atoms with E-state index in [1.807, 2.05) is 0 Å². The van der Waals surface area contributed by atoms with Crippen molar-refractivity contribution in [1.82, 2.24) is 9.97 Å². The number of hydrogen-bond donors (Lipinski definition) is 1. The van der Waals surface area contributed by atoms with Crippen LogP contribution in [-0.2, 0) is 5.92 Å². The van der Waals surface area contributed by atoms with Gasteiger partial charge < -0.3 is 4.98 Å². The SMILES string of the molecule is CC(F)(F)c1ccc(-c2c[nH]c(=O)c3cccnc23)cc1. The smallest absolute Gasteiger partial charge is 0.270 e. The van der Waals surface area contributed by atoms with Crippen LogP contribution in [0.2, 0.25) is 0 Å². The minimum absolute atomic E-state index is 0.0482. The van der Waals surface area contributed by atoms with Gasteiger partial charge in [0.2, 0.25) is 0 Å². The molecule has 0 spiro atoms. The number of H-pyrrole nitrogens is 1. The molecule has 0 bridgehead atoms. The first-order chi connectivity index (χ1) is 9.97. The van der Waals surface area contributed by atoms with Gasteiger partial charge in [0.25, 0.3) is 11.5 Å². The second-order valence-corrected chi connectivity index (χ2v) is 4.90. The van der Waals surface area contributed by atoms with Gasteiger partial charge in [-0.15, -0.1) is 0 Å². The summed E-state index contributed by atoms with van der Waals surface area (Å²) in [5, 5.41) is 0.472. The summed E-state index contributed by atoms with van der Waals surface area (Å²) in [6, 6.07) is 9.34. The van der Waals surface area contributed by atoms with Gasteiger partial charge in [-0.1, -0.05) is 24.3 Å². The number of alkyl halides is 2. The van der Waals surface area contributed by atoms with E-state index in [1.165, 1.54) is 12.1 Å². The van der Waals surface area contributed by atoms with Crippen molar-refractivity contribution in [1.29, 1.82) is 0 Å². The molecule has 0 aliphatic heterocycles. The fourth-order valence-electron chi connectivity index (χ4n) is 2.25. The van der Waals surface area contributed by atoms with E-state index >= 15 is 0 Å². The second-order valence-electron chi connectivity index (χ2n) is 4.90. The molecule has 0 aliphatic rings. The van der Waals surface area contributed by atoms with Crippen LogP contribution in [0, 0.1) is 0 Å². The highest BCUT2D eigenvalue weighted by Gasteiger charge is 2.23. The summed E-state index contributed by atoms with van der Waals surface area (Å²) in [6.07, 6.45) is 3.15. The van der Waals surface area contributed by atoms with E-state index in [-0.39, 0.29) is 11.1 Å². The van der Waals surface area contributed by atoms with Gasteiger partial charge in [0.15, 0.2) is 0 Å². The molecule has 3 rings (SSSR count). The zero-order valence-electron chi connectivity index (χ0n) is 11.2. The van der Waals surface area contributed by atoms with Gasteiger partial charge in [-0.2, -0.15) is 0 Å². The molecule has 1 aromatic carbocycles. The van der Waals surface area contributed by atoms with E-state index in [9.17, 15) is 13.6 Å². The van der Waals surface area contributed by atoms with E-state index in [1.54, 1.807) is 36.7 Å². The van der Waals surface area contributed by atoms with Gasteiger partial charge in [-0.25, -0.2) is 8.78 Å². The van der Waals surface area contributed by atoms with E-state index in [2.05, 4.69) is 9.97 Å². The molecule has 0 unspecified atom stereocenters. The van der Waals surface area contributed by atoms with Crippen molar-refractivity contribution in [3.8, 4) is 11.1 Å². The molecular weight excluding hydrogens is 274 g/mol. The summed E-state index contributed by atoms with van der Waals surface area (Å²) < 4.78 is 26.5. The minimum atomic E-state index is -2.87. The molecule has 0 aliphatic carbocycles. The Labute approximate surface area is 119 Å². The maximum Gasteiger partial charge on any atom is 0.270 e. The molecule has 106 valence electrons. The van der Waals surface area contributed by atoms with Crippen LogP contribution in [-0.4, -0.2) is 9.97 Å². The topological polar surface area (TPSA) is 45.8 Å². The molecule has 3 aromatic rings. The Hall–Kier alpha value is -2.56. The number of benzene rings is 1. The van der Waals surface area contributed by atoms with Crippen LogP contribution in [0.5, 0.6) is 0 Å². The number of fused-ring (bicyclic) bond motifs is 1. The summed E-state index contributed by atoms with van der Waals surface area (Å²) in [7, 11) is 0. The molecule has 21 heavy (non-hydrogen) atoms. The summed E-state index contributed by atoms with van der Waals surface area (Å²) in [5.74, 6) is -2.87. The molecule has 2 aromatic heterocycles. The molecule has 0 saturated carbocycles. The fraction of sp³-hybridized carbons (Fsp3) is 0.125. The lowest BCUT2D eigenvalue weighted by atomic mass is 10.0. The Kier molecular flexibility index (Phi) is 3.05. The Balaban J connectivity index is 2.17. The molecular formula is C16H12F2N2O. The first-order valence-electron chi connectivity index (χ1n) is 6.42. The Bertz CT molecular complexity index is 849. The molecule has 0 atom stereocenters. The van der Waals surface area contributed by atoms with Crippen molar-refractivity contribution in [3.63, 3.8) is 0 Å². The molecule has 3 nitrogen and oxygen atoms in total. The third-order valence-electron chi connectivity index (χ3n) is 3.36. The van der Waals surface area contributed by atoms with Crippen LogP contribution in [0.15, 0.2) is 53.6 Å². The lowest BCUT2D eigenvalue weighted by Gasteiger charge is -2.11. The van der Waals surface area contributed by atoms with Crippen LogP contribution in [0.3, 0.4) is 0 Å². The number of nitrogens with one attached hydrogen (secondary N) is 1. The summed E-state index contributed by atoms with van der Waals surface area (Å²) >= 11 is 0. The van der Waals surface area contributed by atoms with E-state index in [0.717, 1.165) is 12.5 Å². The predicted octanol–water partition coefficient (Wildman–Crippen LogP) is 3.70. The zero-order valence-corrected chi connectivity index (χ0v) is 11.2. The maximum absolute atomic E-state index is 13.2. The molecule has 5 heteroatoms. The minimum Gasteiger partial charge on any atom is -0.328 e. The number of aromatic nitrogens is 2. The zero-order chi connectivity index (χ0) is 15.0. The van der Waals surface area contributed by atoms with Gasteiger partial charge in [0.05, 0.1) is 10.9 Å². The third-order valence-corrected chi connectivity index (χ3v) is 3.36. The van der Waals surface area contributed by atoms with Crippen LogP contribution in [0.25, 0.3) is 22.0 Å². The average Bonchev–Trinajstić information content (AvgIpc) is 2.47. The molecule has 0 fully saturated rings. The Morgan fingerprint density at radius 2 is 1.86 bits per heavy atom. The first-order valence-corrected chi connectivity index (χ1v) is 6.42. The van der Waals surface area contributed by atoms with Crippen molar-refractivity contribution in [2.45, 2.75) is 12.8 Å². The molecule has 0 radical (unpaired) electrons. The highest BCUT2D eigenvalue weighted by atomic mass is 19.3. The Morgan fingerprint density at radius 3 is 2.52 bits per heavy atom. The van der Waals surface area contributed by atoms with Crippen molar-refractivity contribution in [2.24, 2.45) is 0 Å². The molecule has 0 amide bonds. The standard InChI is InChI=1S/C16H12F2N2O/c1-16(17,18)11-6-4-10(5-7-11)13-9-20-15(21)12-3-2-8-19-14(12)13/h2-9H,1H3,(H,20,21). The average molecular weight is 286 g/mol. The second kappa shape index (κ2) is 4.77. The van der Waals surface area contributed by atoms with Crippen LogP contribution in [0.4, 0.5) is 8.78 Å². The van der Waals surface area contributed by atoms with Crippen LogP contribution in [0.1, 0.15) is 12.5 Å². The lowest BCUT2D eigenvalue weighted by molar-refractivity contribution is 0.0175. The number of hydrogen-bond acceptors (Lipinski definition) is 2. The van der Waals surface area contributed by atoms with E-state index < -0.39 is 5.92 Å². The first kappa shape index (κ1) is 13.4. The number of halogens is 2. The maximum atomic E-state index is 13.2. The van der Waals surface area contributed by atoms with Gasteiger partial charge in [0, 0.05) is 30.4 Å². The largest absolute Gasteiger partial charge is 0.328 e. The van der Waals surface area contributed by atoms with Crippen molar-refractivity contribution in [3.05, 3.63) is 64.7 Å².